The highest BCUT2D eigenvalue weighted by Crippen LogP contribution is 2.38. The van der Waals surface area contributed by atoms with Crippen molar-refractivity contribution in [3.8, 4) is 0 Å². The van der Waals surface area contributed by atoms with Gasteiger partial charge in [0, 0.05) is 11.6 Å². The molecule has 0 saturated heterocycles. The molecule has 0 bridgehead atoms. The van der Waals surface area contributed by atoms with E-state index in [2.05, 4.69) is 5.32 Å². The summed E-state index contributed by atoms with van der Waals surface area (Å²) >= 11 is 0. The number of carbonyl (C=O) groups is 2. The van der Waals surface area contributed by atoms with Crippen LogP contribution in [0.5, 0.6) is 0 Å². The zero-order chi connectivity index (χ0) is 12.6. The number of amides is 1. The molecular weight excluding hydrogens is 218 g/mol. The van der Waals surface area contributed by atoms with Gasteiger partial charge in [0.15, 0.2) is 0 Å². The molecule has 1 aliphatic carbocycles. The molecular formula is C13H15NO3. The van der Waals surface area contributed by atoms with Gasteiger partial charge in [-0.2, -0.15) is 0 Å². The number of carboxylic acids is 1. The van der Waals surface area contributed by atoms with Gasteiger partial charge in [0.25, 0.3) is 0 Å². The van der Waals surface area contributed by atoms with Gasteiger partial charge in [-0.15, -0.1) is 0 Å². The van der Waals surface area contributed by atoms with Crippen LogP contribution in [0.3, 0.4) is 0 Å². The summed E-state index contributed by atoms with van der Waals surface area (Å²) in [5.41, 5.74) is 1.58. The molecule has 1 amide bonds. The number of anilines is 1. The molecule has 2 rings (SSSR count). The van der Waals surface area contributed by atoms with Gasteiger partial charge in [0.2, 0.25) is 5.91 Å². The van der Waals surface area contributed by atoms with Crippen molar-refractivity contribution >= 4 is 17.6 Å². The van der Waals surface area contributed by atoms with Crippen LogP contribution >= 0.6 is 0 Å². The zero-order valence-electron chi connectivity index (χ0n) is 9.86. The predicted molar refractivity (Wildman–Crippen MR) is 64.0 cm³/mol. The smallest absolute Gasteiger partial charge is 0.335 e. The van der Waals surface area contributed by atoms with E-state index in [0.29, 0.717) is 17.2 Å². The first-order valence-corrected chi connectivity index (χ1v) is 5.64. The van der Waals surface area contributed by atoms with Crippen molar-refractivity contribution in [2.24, 2.45) is 11.8 Å². The normalized spacial score (nSPS) is 22.0. The van der Waals surface area contributed by atoms with Gasteiger partial charge >= 0.3 is 5.97 Å². The summed E-state index contributed by atoms with van der Waals surface area (Å²) in [6.07, 6.45) is 0.942. The maximum absolute atomic E-state index is 11.7. The van der Waals surface area contributed by atoms with Crippen molar-refractivity contribution in [1.82, 2.24) is 0 Å². The minimum absolute atomic E-state index is 0.0278. The van der Waals surface area contributed by atoms with Gasteiger partial charge in [-0.05, 0) is 43.0 Å². The SMILES string of the molecule is Cc1cc(NC(=O)C2CC2C)ccc1C(=O)O. The zero-order valence-corrected chi connectivity index (χ0v) is 9.86. The number of benzene rings is 1. The maximum Gasteiger partial charge on any atom is 0.335 e. The van der Waals surface area contributed by atoms with E-state index >= 15 is 0 Å². The Labute approximate surface area is 99.6 Å². The van der Waals surface area contributed by atoms with Crippen molar-refractivity contribution in [3.05, 3.63) is 29.3 Å². The van der Waals surface area contributed by atoms with E-state index in [9.17, 15) is 9.59 Å². The molecule has 90 valence electrons. The Morgan fingerprint density at radius 3 is 2.53 bits per heavy atom. The number of aromatic carboxylic acids is 1. The van der Waals surface area contributed by atoms with Gasteiger partial charge in [-0.1, -0.05) is 6.92 Å². The van der Waals surface area contributed by atoms with Crippen molar-refractivity contribution in [1.29, 1.82) is 0 Å². The van der Waals surface area contributed by atoms with Crippen LogP contribution in [0.2, 0.25) is 0 Å². The molecule has 1 aromatic rings. The number of carboxylic acid groups (broad SMARTS) is 1. The maximum atomic E-state index is 11.7. The second kappa shape index (κ2) is 4.20. The van der Waals surface area contributed by atoms with Crippen LogP contribution in [-0.4, -0.2) is 17.0 Å². The number of aryl methyl sites for hydroxylation is 1. The summed E-state index contributed by atoms with van der Waals surface area (Å²) in [6, 6.07) is 4.83. The number of carbonyl (C=O) groups excluding carboxylic acids is 1. The second-order valence-corrected chi connectivity index (χ2v) is 4.64. The molecule has 0 heterocycles. The van der Waals surface area contributed by atoms with E-state index in [1.165, 1.54) is 6.07 Å². The molecule has 0 aliphatic heterocycles. The van der Waals surface area contributed by atoms with Crippen LogP contribution in [-0.2, 0) is 4.79 Å². The van der Waals surface area contributed by atoms with Gasteiger partial charge in [-0.3, -0.25) is 4.79 Å². The van der Waals surface area contributed by atoms with Gasteiger partial charge < -0.3 is 10.4 Å². The van der Waals surface area contributed by atoms with E-state index in [0.717, 1.165) is 6.42 Å². The minimum atomic E-state index is -0.948. The lowest BCUT2D eigenvalue weighted by Crippen LogP contribution is -2.14. The fraction of sp³-hybridized carbons (Fsp3) is 0.385. The number of nitrogens with one attached hydrogen (secondary N) is 1. The third-order valence-corrected chi connectivity index (χ3v) is 3.17. The molecule has 1 aliphatic rings. The Morgan fingerprint density at radius 2 is 2.06 bits per heavy atom. The van der Waals surface area contributed by atoms with Crippen molar-refractivity contribution in [2.75, 3.05) is 5.32 Å². The molecule has 4 nitrogen and oxygen atoms in total. The molecule has 1 fully saturated rings. The van der Waals surface area contributed by atoms with Crippen LogP contribution in [0.15, 0.2) is 18.2 Å². The number of rotatable bonds is 3. The minimum Gasteiger partial charge on any atom is -0.478 e. The molecule has 1 saturated carbocycles. The quantitative estimate of drug-likeness (QED) is 0.841. The Morgan fingerprint density at radius 1 is 1.41 bits per heavy atom. The Balaban J connectivity index is 2.10. The first-order chi connectivity index (χ1) is 7.99. The standard InChI is InChI=1S/C13H15NO3/c1-7-5-9(3-4-10(7)13(16)17)14-12(15)11-6-8(11)2/h3-5,8,11H,6H2,1-2H3,(H,14,15)(H,16,17). The van der Waals surface area contributed by atoms with Gasteiger partial charge in [0.1, 0.15) is 0 Å². The Kier molecular flexibility index (Phi) is 2.88. The summed E-state index contributed by atoms with van der Waals surface area (Å²) in [5.74, 6) is -0.333. The lowest BCUT2D eigenvalue weighted by atomic mass is 10.1. The molecule has 0 spiro atoms. The van der Waals surface area contributed by atoms with Crippen LogP contribution < -0.4 is 5.32 Å². The van der Waals surface area contributed by atoms with Crippen LogP contribution in [0.25, 0.3) is 0 Å². The Hall–Kier alpha value is -1.84. The summed E-state index contributed by atoms with van der Waals surface area (Å²) in [4.78, 5) is 22.5. The largest absolute Gasteiger partial charge is 0.478 e. The molecule has 17 heavy (non-hydrogen) atoms. The molecule has 2 N–H and O–H groups in total. The number of hydrogen-bond acceptors (Lipinski definition) is 2. The molecule has 4 heteroatoms. The first kappa shape index (κ1) is 11.6. The third-order valence-electron chi connectivity index (χ3n) is 3.17. The predicted octanol–water partition coefficient (Wildman–Crippen LogP) is 2.29. The number of hydrogen-bond donors (Lipinski definition) is 2. The van der Waals surface area contributed by atoms with Crippen molar-refractivity contribution < 1.29 is 14.7 Å². The summed E-state index contributed by atoms with van der Waals surface area (Å²) in [6.45, 7) is 3.77. The summed E-state index contributed by atoms with van der Waals surface area (Å²) in [5, 5.41) is 11.7. The molecule has 0 radical (unpaired) electrons. The lowest BCUT2D eigenvalue weighted by Gasteiger charge is -2.07. The molecule has 1 aromatic carbocycles. The van der Waals surface area contributed by atoms with E-state index in [4.69, 9.17) is 5.11 Å². The highest BCUT2D eigenvalue weighted by molar-refractivity contribution is 5.95. The fourth-order valence-corrected chi connectivity index (χ4v) is 1.90. The highest BCUT2D eigenvalue weighted by atomic mass is 16.4. The van der Waals surface area contributed by atoms with Crippen LogP contribution in [0, 0.1) is 18.8 Å². The molecule has 2 atom stereocenters. The van der Waals surface area contributed by atoms with Gasteiger partial charge in [-0.25, -0.2) is 4.79 Å². The first-order valence-electron chi connectivity index (χ1n) is 5.64. The Bertz CT molecular complexity index is 482. The summed E-state index contributed by atoms with van der Waals surface area (Å²) < 4.78 is 0. The molecule has 2 unspecified atom stereocenters. The van der Waals surface area contributed by atoms with E-state index in [-0.39, 0.29) is 17.4 Å². The monoisotopic (exact) mass is 233 g/mol. The van der Waals surface area contributed by atoms with Crippen molar-refractivity contribution in [2.45, 2.75) is 20.3 Å². The fourth-order valence-electron chi connectivity index (χ4n) is 1.90. The van der Waals surface area contributed by atoms with Crippen molar-refractivity contribution in [3.63, 3.8) is 0 Å². The topological polar surface area (TPSA) is 66.4 Å². The average molecular weight is 233 g/mol. The van der Waals surface area contributed by atoms with Gasteiger partial charge in [0.05, 0.1) is 5.56 Å². The van der Waals surface area contributed by atoms with E-state index in [1.54, 1.807) is 19.1 Å². The molecule has 0 aromatic heterocycles. The second-order valence-electron chi connectivity index (χ2n) is 4.64. The third kappa shape index (κ3) is 2.46. The van der Waals surface area contributed by atoms with E-state index < -0.39 is 5.97 Å². The summed E-state index contributed by atoms with van der Waals surface area (Å²) in [7, 11) is 0. The lowest BCUT2D eigenvalue weighted by molar-refractivity contribution is -0.117. The van der Waals surface area contributed by atoms with E-state index in [1.807, 2.05) is 6.92 Å². The highest BCUT2D eigenvalue weighted by Gasteiger charge is 2.39. The average Bonchev–Trinajstić information content (AvgIpc) is 2.95. The van der Waals surface area contributed by atoms with Crippen LogP contribution in [0.4, 0.5) is 5.69 Å². The van der Waals surface area contributed by atoms with Crippen LogP contribution in [0.1, 0.15) is 29.3 Å².